The van der Waals surface area contributed by atoms with Gasteiger partial charge in [-0.2, -0.15) is 0 Å². The zero-order valence-electron chi connectivity index (χ0n) is 11.9. The fourth-order valence-electron chi connectivity index (χ4n) is 3.87. The van der Waals surface area contributed by atoms with Gasteiger partial charge in [0, 0.05) is 19.1 Å². The second-order valence-corrected chi connectivity index (χ2v) is 6.28. The van der Waals surface area contributed by atoms with Gasteiger partial charge in [-0.15, -0.1) is 0 Å². The summed E-state index contributed by atoms with van der Waals surface area (Å²) in [4.78, 5) is 2.50. The molecule has 104 valence electrons. The highest BCUT2D eigenvalue weighted by atomic mass is 16.3. The molecule has 3 rings (SSSR count). The fourth-order valence-corrected chi connectivity index (χ4v) is 3.87. The lowest BCUT2D eigenvalue weighted by Crippen LogP contribution is -2.45. The number of nitrogens with zero attached hydrogens (tertiary/aromatic N) is 1. The van der Waals surface area contributed by atoms with Crippen LogP contribution in [0.5, 0.6) is 0 Å². The van der Waals surface area contributed by atoms with E-state index >= 15 is 0 Å². The predicted molar refractivity (Wildman–Crippen MR) is 77.7 cm³/mol. The molecule has 2 heteroatoms. The largest absolute Gasteiger partial charge is 0.391 e. The Labute approximate surface area is 116 Å². The minimum atomic E-state index is -0.123. The molecule has 0 bridgehead atoms. The molecule has 3 unspecified atom stereocenters. The topological polar surface area (TPSA) is 23.5 Å². The average molecular weight is 259 g/mol. The van der Waals surface area contributed by atoms with Gasteiger partial charge in [0.1, 0.15) is 0 Å². The zero-order chi connectivity index (χ0) is 13.2. The Hall–Kier alpha value is -0.860. The molecular formula is C17H25NO. The first-order valence-corrected chi connectivity index (χ1v) is 7.76. The summed E-state index contributed by atoms with van der Waals surface area (Å²) in [5.41, 5.74) is 2.90. The summed E-state index contributed by atoms with van der Waals surface area (Å²) in [6.07, 6.45) is 5.86. The van der Waals surface area contributed by atoms with E-state index in [0.717, 1.165) is 25.4 Å². The minimum Gasteiger partial charge on any atom is -0.391 e. The third kappa shape index (κ3) is 2.70. The van der Waals surface area contributed by atoms with Gasteiger partial charge in [-0.25, -0.2) is 0 Å². The highest BCUT2D eigenvalue weighted by Gasteiger charge is 2.35. The number of aliphatic hydroxyl groups excluding tert-OH is 1. The summed E-state index contributed by atoms with van der Waals surface area (Å²) >= 11 is 0. The minimum absolute atomic E-state index is 0.123. The van der Waals surface area contributed by atoms with Crippen molar-refractivity contribution in [3.05, 3.63) is 35.4 Å². The van der Waals surface area contributed by atoms with E-state index in [2.05, 4.69) is 36.1 Å². The maximum Gasteiger partial charge on any atom is 0.0695 e. The summed E-state index contributed by atoms with van der Waals surface area (Å²) in [5, 5.41) is 10.4. The molecular weight excluding hydrogens is 234 g/mol. The quantitative estimate of drug-likeness (QED) is 0.900. The lowest BCUT2D eigenvalue weighted by atomic mass is 9.81. The van der Waals surface area contributed by atoms with E-state index in [1.807, 2.05) is 0 Å². The molecule has 1 aromatic carbocycles. The smallest absolute Gasteiger partial charge is 0.0695 e. The van der Waals surface area contributed by atoms with Crippen molar-refractivity contribution in [2.24, 2.45) is 5.92 Å². The molecule has 1 aliphatic heterocycles. The number of hydrogen-bond donors (Lipinski definition) is 1. The fraction of sp³-hybridized carbons (Fsp3) is 0.647. The van der Waals surface area contributed by atoms with Gasteiger partial charge in [0.15, 0.2) is 0 Å². The van der Waals surface area contributed by atoms with Crippen LogP contribution in [0.15, 0.2) is 24.3 Å². The molecule has 1 aliphatic carbocycles. The van der Waals surface area contributed by atoms with Gasteiger partial charge in [-0.3, -0.25) is 4.90 Å². The van der Waals surface area contributed by atoms with Gasteiger partial charge in [0.05, 0.1) is 6.10 Å². The van der Waals surface area contributed by atoms with Gasteiger partial charge in [0.2, 0.25) is 0 Å². The molecule has 0 saturated heterocycles. The van der Waals surface area contributed by atoms with Crippen LogP contribution < -0.4 is 0 Å². The van der Waals surface area contributed by atoms with Gasteiger partial charge < -0.3 is 5.11 Å². The van der Waals surface area contributed by atoms with Crippen molar-refractivity contribution in [3.63, 3.8) is 0 Å². The molecule has 1 heterocycles. The first-order valence-electron chi connectivity index (χ1n) is 7.76. The first kappa shape index (κ1) is 13.1. The van der Waals surface area contributed by atoms with E-state index < -0.39 is 0 Å². The average Bonchev–Trinajstić information content (AvgIpc) is 2.85. The van der Waals surface area contributed by atoms with E-state index in [1.54, 1.807) is 0 Å². The number of benzene rings is 1. The Morgan fingerprint density at radius 1 is 1.16 bits per heavy atom. The third-order valence-electron chi connectivity index (χ3n) is 4.92. The van der Waals surface area contributed by atoms with Crippen LogP contribution in [0.2, 0.25) is 0 Å². The van der Waals surface area contributed by atoms with Crippen molar-refractivity contribution in [1.29, 1.82) is 0 Å². The molecule has 1 fully saturated rings. The molecule has 19 heavy (non-hydrogen) atoms. The van der Waals surface area contributed by atoms with Crippen molar-refractivity contribution < 1.29 is 5.11 Å². The number of rotatable bonds is 3. The molecule has 1 saturated carbocycles. The Kier molecular flexibility index (Phi) is 3.90. The standard InChI is InChI=1S/C17H25NO/c1-2-5-13-8-9-17(19)16(10-13)18-11-14-6-3-4-7-15(14)12-18/h3-4,6-7,13,16-17,19H,2,5,8-12H2,1H3. The van der Waals surface area contributed by atoms with Gasteiger partial charge in [0.25, 0.3) is 0 Å². The summed E-state index contributed by atoms with van der Waals surface area (Å²) in [6.45, 7) is 4.32. The van der Waals surface area contributed by atoms with Crippen LogP contribution in [0.3, 0.4) is 0 Å². The van der Waals surface area contributed by atoms with Crippen molar-refractivity contribution in [1.82, 2.24) is 4.90 Å². The second-order valence-electron chi connectivity index (χ2n) is 6.28. The normalized spacial score (nSPS) is 31.4. The monoisotopic (exact) mass is 259 g/mol. The Bertz CT molecular complexity index is 406. The van der Waals surface area contributed by atoms with E-state index in [4.69, 9.17) is 0 Å². The molecule has 3 atom stereocenters. The number of fused-ring (bicyclic) bond motifs is 1. The molecule has 1 aromatic rings. The van der Waals surface area contributed by atoms with Crippen LogP contribution in [0, 0.1) is 5.92 Å². The lowest BCUT2D eigenvalue weighted by molar-refractivity contribution is -0.000589. The third-order valence-corrected chi connectivity index (χ3v) is 4.92. The Morgan fingerprint density at radius 3 is 2.47 bits per heavy atom. The second kappa shape index (κ2) is 5.64. The van der Waals surface area contributed by atoms with Gasteiger partial charge in [-0.05, 0) is 36.3 Å². The zero-order valence-corrected chi connectivity index (χ0v) is 11.9. The lowest BCUT2D eigenvalue weighted by Gasteiger charge is -2.38. The predicted octanol–water partition coefficient (Wildman–Crippen LogP) is 3.33. The molecule has 0 radical (unpaired) electrons. The van der Waals surface area contributed by atoms with Gasteiger partial charge >= 0.3 is 0 Å². The highest BCUT2D eigenvalue weighted by Crippen LogP contribution is 2.35. The van der Waals surface area contributed by atoms with E-state index in [0.29, 0.717) is 6.04 Å². The van der Waals surface area contributed by atoms with E-state index in [-0.39, 0.29) is 6.10 Å². The molecule has 0 amide bonds. The summed E-state index contributed by atoms with van der Waals surface area (Å²) in [7, 11) is 0. The Balaban J connectivity index is 1.69. The van der Waals surface area contributed by atoms with Crippen LogP contribution in [-0.2, 0) is 13.1 Å². The maximum absolute atomic E-state index is 10.4. The Morgan fingerprint density at radius 2 is 1.84 bits per heavy atom. The van der Waals surface area contributed by atoms with Crippen LogP contribution in [0.25, 0.3) is 0 Å². The number of aliphatic hydroxyl groups is 1. The van der Waals surface area contributed by atoms with Crippen LogP contribution in [0.4, 0.5) is 0 Å². The molecule has 1 N–H and O–H groups in total. The highest BCUT2D eigenvalue weighted by molar-refractivity contribution is 5.30. The van der Waals surface area contributed by atoms with E-state index in [9.17, 15) is 5.11 Å². The SMILES string of the molecule is CCCC1CCC(O)C(N2Cc3ccccc3C2)C1. The van der Waals surface area contributed by atoms with Gasteiger partial charge in [-0.1, -0.05) is 44.0 Å². The van der Waals surface area contributed by atoms with Crippen LogP contribution in [-0.4, -0.2) is 22.2 Å². The molecule has 2 aliphatic rings. The van der Waals surface area contributed by atoms with Crippen molar-refractivity contribution in [2.75, 3.05) is 0 Å². The van der Waals surface area contributed by atoms with Crippen molar-refractivity contribution in [2.45, 2.75) is 64.3 Å². The summed E-state index contributed by atoms with van der Waals surface area (Å²) in [5.74, 6) is 0.821. The number of hydrogen-bond acceptors (Lipinski definition) is 2. The van der Waals surface area contributed by atoms with E-state index in [1.165, 1.54) is 36.8 Å². The first-order chi connectivity index (χ1) is 9.28. The molecule has 0 spiro atoms. The van der Waals surface area contributed by atoms with Crippen LogP contribution in [0.1, 0.15) is 50.2 Å². The van der Waals surface area contributed by atoms with Crippen LogP contribution >= 0.6 is 0 Å². The van der Waals surface area contributed by atoms with Crippen molar-refractivity contribution in [3.8, 4) is 0 Å². The maximum atomic E-state index is 10.4. The summed E-state index contributed by atoms with van der Waals surface area (Å²) in [6, 6.07) is 9.08. The summed E-state index contributed by atoms with van der Waals surface area (Å²) < 4.78 is 0. The molecule has 2 nitrogen and oxygen atoms in total. The van der Waals surface area contributed by atoms with Crippen molar-refractivity contribution >= 4 is 0 Å². The molecule has 0 aromatic heterocycles.